The fourth-order valence-electron chi connectivity index (χ4n) is 2.21. The zero-order valence-electron chi connectivity index (χ0n) is 10.7. The smallest absolute Gasteiger partial charge is 0.212 e. The Labute approximate surface area is 110 Å². The van der Waals surface area contributed by atoms with Crippen LogP contribution in [-0.4, -0.2) is 23.2 Å². The van der Waals surface area contributed by atoms with E-state index in [0.717, 1.165) is 5.88 Å². The predicted molar refractivity (Wildman–Crippen MR) is 79.7 cm³/mol. The van der Waals surface area contributed by atoms with E-state index in [4.69, 9.17) is 0 Å². The SMILES string of the molecule is CN1C=CS(=Cc2ccc3ccccc3[n+]2C)C1. The van der Waals surface area contributed by atoms with Gasteiger partial charge in [0, 0.05) is 36.1 Å². The predicted octanol–water partition coefficient (Wildman–Crippen LogP) is 2.46. The maximum absolute atomic E-state index is 2.37. The molecule has 0 spiro atoms. The van der Waals surface area contributed by atoms with Crippen LogP contribution >= 0.6 is 10.5 Å². The van der Waals surface area contributed by atoms with Crippen molar-refractivity contribution < 1.29 is 4.57 Å². The molecule has 1 aromatic carbocycles. The van der Waals surface area contributed by atoms with Gasteiger partial charge in [-0.1, -0.05) is 12.1 Å². The molecule has 0 amide bonds. The van der Waals surface area contributed by atoms with Crippen LogP contribution in [0.5, 0.6) is 0 Å². The monoisotopic (exact) mass is 257 g/mol. The number of fused-ring (bicyclic) bond motifs is 1. The number of aryl methyl sites for hydroxylation is 1. The molecule has 2 nitrogen and oxygen atoms in total. The lowest BCUT2D eigenvalue weighted by Gasteiger charge is -2.06. The Kier molecular flexibility index (Phi) is 2.92. The highest BCUT2D eigenvalue weighted by Crippen LogP contribution is 2.22. The summed E-state index contributed by atoms with van der Waals surface area (Å²) in [6.07, 6.45) is 2.17. The lowest BCUT2D eigenvalue weighted by molar-refractivity contribution is -0.645. The van der Waals surface area contributed by atoms with Gasteiger partial charge in [0.25, 0.3) is 0 Å². The van der Waals surface area contributed by atoms with Crippen molar-refractivity contribution in [2.45, 2.75) is 0 Å². The molecular weight excluding hydrogens is 240 g/mol. The Morgan fingerprint density at radius 3 is 2.83 bits per heavy atom. The molecule has 2 heterocycles. The summed E-state index contributed by atoms with van der Waals surface area (Å²) in [6, 6.07) is 12.9. The number of aromatic nitrogens is 1. The highest BCUT2D eigenvalue weighted by atomic mass is 32.2. The minimum Gasteiger partial charge on any atom is -0.371 e. The molecule has 2 aromatic rings. The Morgan fingerprint density at radius 2 is 2.06 bits per heavy atom. The number of hydrogen-bond donors (Lipinski definition) is 0. The first-order chi connectivity index (χ1) is 8.74. The number of pyridine rings is 1. The first-order valence-corrected chi connectivity index (χ1v) is 7.56. The lowest BCUT2D eigenvalue weighted by Crippen LogP contribution is -2.34. The second-order valence-electron chi connectivity index (χ2n) is 4.63. The average molecular weight is 257 g/mol. The third-order valence-corrected chi connectivity index (χ3v) is 4.95. The Bertz CT molecular complexity index is 659. The quantitative estimate of drug-likeness (QED) is 0.562. The summed E-state index contributed by atoms with van der Waals surface area (Å²) in [4.78, 5) is 2.24. The third-order valence-electron chi connectivity index (χ3n) is 3.23. The van der Waals surface area contributed by atoms with Gasteiger partial charge in [0.15, 0.2) is 0 Å². The van der Waals surface area contributed by atoms with E-state index < -0.39 is 0 Å². The molecule has 3 heteroatoms. The molecule has 1 aliphatic heterocycles. The highest BCUT2D eigenvalue weighted by Gasteiger charge is 2.11. The van der Waals surface area contributed by atoms with Crippen LogP contribution in [0.3, 0.4) is 0 Å². The summed E-state index contributed by atoms with van der Waals surface area (Å²) in [6.45, 7) is 0. The molecular formula is C15H17N2S+. The zero-order valence-corrected chi connectivity index (χ0v) is 11.5. The molecule has 18 heavy (non-hydrogen) atoms. The van der Waals surface area contributed by atoms with E-state index in [9.17, 15) is 0 Å². The van der Waals surface area contributed by atoms with Crippen LogP contribution in [0.25, 0.3) is 10.9 Å². The van der Waals surface area contributed by atoms with Crippen LogP contribution in [-0.2, 0) is 7.05 Å². The van der Waals surface area contributed by atoms with E-state index >= 15 is 0 Å². The molecule has 3 rings (SSSR count). The molecule has 0 saturated carbocycles. The van der Waals surface area contributed by atoms with E-state index in [-0.39, 0.29) is 10.5 Å². The number of para-hydroxylation sites is 1. The van der Waals surface area contributed by atoms with E-state index in [1.54, 1.807) is 0 Å². The molecule has 0 saturated heterocycles. The van der Waals surface area contributed by atoms with Gasteiger partial charge in [0.2, 0.25) is 11.2 Å². The first kappa shape index (κ1) is 11.5. The largest absolute Gasteiger partial charge is 0.371 e. The number of nitrogens with zero attached hydrogens (tertiary/aromatic N) is 2. The van der Waals surface area contributed by atoms with Crippen molar-refractivity contribution in [1.82, 2.24) is 4.90 Å². The van der Waals surface area contributed by atoms with Gasteiger partial charge >= 0.3 is 0 Å². The van der Waals surface area contributed by atoms with Crippen LogP contribution in [0.4, 0.5) is 0 Å². The summed E-state index contributed by atoms with van der Waals surface area (Å²) in [5, 5.41) is 5.95. The second kappa shape index (κ2) is 4.58. The summed E-state index contributed by atoms with van der Waals surface area (Å²) in [5.41, 5.74) is 2.57. The van der Waals surface area contributed by atoms with Gasteiger partial charge in [-0.3, -0.25) is 0 Å². The van der Waals surface area contributed by atoms with Crippen LogP contribution in [0.1, 0.15) is 5.69 Å². The molecule has 0 N–H and O–H groups in total. The molecule has 1 aromatic heterocycles. The fourth-order valence-corrected chi connectivity index (χ4v) is 3.92. The highest BCUT2D eigenvalue weighted by molar-refractivity contribution is 8.17. The van der Waals surface area contributed by atoms with E-state index in [0.29, 0.717) is 0 Å². The van der Waals surface area contributed by atoms with Gasteiger partial charge < -0.3 is 4.90 Å². The lowest BCUT2D eigenvalue weighted by atomic mass is 10.2. The van der Waals surface area contributed by atoms with E-state index in [1.165, 1.54) is 16.6 Å². The fraction of sp³-hybridized carbons (Fsp3) is 0.200. The molecule has 1 atom stereocenters. The van der Waals surface area contributed by atoms with Crippen molar-refractivity contribution in [1.29, 1.82) is 0 Å². The maximum atomic E-state index is 2.37. The van der Waals surface area contributed by atoms with Crippen molar-refractivity contribution in [3.63, 3.8) is 0 Å². The minimum absolute atomic E-state index is 0.238. The number of hydrogen-bond acceptors (Lipinski definition) is 1. The third kappa shape index (κ3) is 2.06. The molecule has 0 bridgehead atoms. The Balaban J connectivity index is 2.08. The summed E-state index contributed by atoms with van der Waals surface area (Å²) in [5.74, 6) is 1.10. The van der Waals surface area contributed by atoms with Crippen molar-refractivity contribution in [2.75, 3.05) is 12.9 Å². The van der Waals surface area contributed by atoms with Gasteiger partial charge in [-0.25, -0.2) is 0 Å². The molecule has 0 fully saturated rings. The summed E-state index contributed by atoms with van der Waals surface area (Å²) in [7, 11) is 4.50. The number of rotatable bonds is 1. The minimum atomic E-state index is 0.238. The maximum Gasteiger partial charge on any atom is 0.212 e. The number of benzene rings is 1. The van der Waals surface area contributed by atoms with Crippen LogP contribution in [0.2, 0.25) is 0 Å². The molecule has 92 valence electrons. The van der Waals surface area contributed by atoms with Crippen molar-refractivity contribution in [3.05, 3.63) is 53.7 Å². The Morgan fingerprint density at radius 1 is 1.22 bits per heavy atom. The van der Waals surface area contributed by atoms with Gasteiger partial charge in [-0.2, -0.15) is 4.57 Å². The molecule has 0 radical (unpaired) electrons. The van der Waals surface area contributed by atoms with Crippen molar-refractivity contribution in [3.8, 4) is 0 Å². The second-order valence-corrected chi connectivity index (χ2v) is 6.34. The Hall–Kier alpha value is -1.61. The summed E-state index contributed by atoms with van der Waals surface area (Å²) < 4.78 is 2.27. The van der Waals surface area contributed by atoms with E-state index in [2.05, 4.69) is 76.9 Å². The van der Waals surface area contributed by atoms with Crippen LogP contribution in [0.15, 0.2) is 48.0 Å². The molecule has 1 aliphatic rings. The van der Waals surface area contributed by atoms with Crippen LogP contribution in [0, 0.1) is 0 Å². The summed E-state index contributed by atoms with van der Waals surface area (Å²) >= 11 is 0. The van der Waals surface area contributed by atoms with Crippen molar-refractivity contribution >= 4 is 26.8 Å². The van der Waals surface area contributed by atoms with Crippen LogP contribution < -0.4 is 4.57 Å². The van der Waals surface area contributed by atoms with Gasteiger partial charge in [0.1, 0.15) is 7.05 Å². The van der Waals surface area contributed by atoms with Gasteiger partial charge in [0.05, 0.1) is 5.88 Å². The molecule has 0 aliphatic carbocycles. The zero-order chi connectivity index (χ0) is 12.5. The normalized spacial score (nSPS) is 19.0. The van der Waals surface area contributed by atoms with E-state index in [1.807, 2.05) is 0 Å². The van der Waals surface area contributed by atoms with Gasteiger partial charge in [-0.05, 0) is 17.5 Å². The molecule has 1 unspecified atom stereocenters. The standard InChI is InChI=1S/C15H17N2S/c1-16-9-10-18(12-16)11-14-8-7-13-5-3-4-6-15(13)17(14)2/h3-11H,12H2,1-2H3/q+1. The topological polar surface area (TPSA) is 7.12 Å². The van der Waals surface area contributed by atoms with Gasteiger partial charge in [-0.15, -0.1) is 10.5 Å². The van der Waals surface area contributed by atoms with Crippen molar-refractivity contribution in [2.24, 2.45) is 7.05 Å². The first-order valence-electron chi connectivity index (χ1n) is 6.04. The average Bonchev–Trinajstić information content (AvgIpc) is 2.79.